The highest BCUT2D eigenvalue weighted by molar-refractivity contribution is 7.15. The zero-order valence-electron chi connectivity index (χ0n) is 15.8. The molecular formula is C21H23N3O3S. The van der Waals surface area contributed by atoms with Crippen molar-refractivity contribution in [3.05, 3.63) is 47.6 Å². The maximum absolute atomic E-state index is 12.8. The van der Waals surface area contributed by atoms with Crippen LogP contribution in [0.1, 0.15) is 25.5 Å². The van der Waals surface area contributed by atoms with Crippen molar-refractivity contribution in [2.45, 2.75) is 26.2 Å². The Hall–Kier alpha value is -2.67. The van der Waals surface area contributed by atoms with Crippen molar-refractivity contribution in [2.75, 3.05) is 19.7 Å². The Morgan fingerprint density at radius 2 is 1.96 bits per heavy atom. The molecule has 7 heteroatoms. The highest BCUT2D eigenvalue weighted by Gasteiger charge is 2.28. The van der Waals surface area contributed by atoms with Crippen molar-refractivity contribution in [3.63, 3.8) is 0 Å². The first-order valence-electron chi connectivity index (χ1n) is 9.61. The molecule has 3 aromatic rings. The van der Waals surface area contributed by atoms with Gasteiger partial charge in [-0.2, -0.15) is 0 Å². The van der Waals surface area contributed by atoms with Crippen molar-refractivity contribution in [1.29, 1.82) is 0 Å². The topological polar surface area (TPSA) is 63.9 Å². The largest absolute Gasteiger partial charge is 0.466 e. The number of amides is 1. The van der Waals surface area contributed by atoms with E-state index in [9.17, 15) is 9.59 Å². The Balaban J connectivity index is 1.42. The van der Waals surface area contributed by atoms with Gasteiger partial charge in [0.1, 0.15) is 0 Å². The van der Waals surface area contributed by atoms with Crippen LogP contribution < -0.4 is 0 Å². The monoisotopic (exact) mass is 397 g/mol. The summed E-state index contributed by atoms with van der Waals surface area (Å²) < 4.78 is 7.11. The maximum atomic E-state index is 12.8. The van der Waals surface area contributed by atoms with Crippen LogP contribution in [0.4, 0.5) is 0 Å². The molecule has 0 saturated carbocycles. The van der Waals surface area contributed by atoms with Gasteiger partial charge in [-0.05, 0) is 19.8 Å². The molecule has 0 N–H and O–H groups in total. The highest BCUT2D eigenvalue weighted by atomic mass is 32.1. The number of thiazole rings is 1. The van der Waals surface area contributed by atoms with Crippen molar-refractivity contribution in [2.24, 2.45) is 5.92 Å². The zero-order chi connectivity index (χ0) is 19.5. The number of hydrogen-bond donors (Lipinski definition) is 0. The van der Waals surface area contributed by atoms with Crippen LogP contribution in [0, 0.1) is 5.92 Å². The molecule has 146 valence electrons. The lowest BCUT2D eigenvalue weighted by Gasteiger charge is -2.30. The van der Waals surface area contributed by atoms with Crippen molar-refractivity contribution in [1.82, 2.24) is 14.3 Å². The van der Waals surface area contributed by atoms with E-state index in [1.807, 2.05) is 58.1 Å². The summed E-state index contributed by atoms with van der Waals surface area (Å²) >= 11 is 1.55. The molecule has 1 aliphatic rings. The van der Waals surface area contributed by atoms with Gasteiger partial charge in [-0.1, -0.05) is 30.3 Å². The summed E-state index contributed by atoms with van der Waals surface area (Å²) in [5.41, 5.74) is 2.93. The van der Waals surface area contributed by atoms with Gasteiger partial charge in [0.25, 0.3) is 0 Å². The van der Waals surface area contributed by atoms with Crippen LogP contribution in [0.25, 0.3) is 16.2 Å². The van der Waals surface area contributed by atoms with Gasteiger partial charge >= 0.3 is 5.97 Å². The van der Waals surface area contributed by atoms with E-state index in [0.29, 0.717) is 39.0 Å². The number of fused-ring (bicyclic) bond motifs is 1. The van der Waals surface area contributed by atoms with E-state index in [2.05, 4.69) is 4.98 Å². The molecule has 0 unspecified atom stereocenters. The number of piperidine rings is 1. The Bertz CT molecular complexity index is 971. The lowest BCUT2D eigenvalue weighted by molar-refractivity contribution is -0.151. The number of ether oxygens (including phenoxy) is 1. The van der Waals surface area contributed by atoms with Gasteiger partial charge < -0.3 is 9.64 Å². The fraction of sp³-hybridized carbons (Fsp3) is 0.381. The number of benzene rings is 1. The number of nitrogens with zero attached hydrogens (tertiary/aromatic N) is 3. The lowest BCUT2D eigenvalue weighted by atomic mass is 9.97. The third kappa shape index (κ3) is 3.80. The van der Waals surface area contributed by atoms with Gasteiger partial charge in [-0.25, -0.2) is 4.98 Å². The summed E-state index contributed by atoms with van der Waals surface area (Å²) in [4.78, 5) is 32.1. The van der Waals surface area contributed by atoms with E-state index in [4.69, 9.17) is 4.74 Å². The normalized spacial score (nSPS) is 15.1. The molecule has 1 aliphatic heterocycles. The second-order valence-corrected chi connectivity index (χ2v) is 7.79. The summed E-state index contributed by atoms with van der Waals surface area (Å²) in [6.07, 6.45) is 3.69. The first kappa shape index (κ1) is 18.7. The van der Waals surface area contributed by atoms with E-state index in [1.54, 1.807) is 11.3 Å². The molecule has 0 atom stereocenters. The molecule has 3 heterocycles. The second kappa shape index (κ2) is 8.14. The molecular weight excluding hydrogens is 374 g/mol. The highest BCUT2D eigenvalue weighted by Crippen LogP contribution is 2.25. The molecule has 0 aliphatic carbocycles. The number of rotatable bonds is 5. The third-order valence-electron chi connectivity index (χ3n) is 5.15. The van der Waals surface area contributed by atoms with Crippen LogP contribution in [-0.4, -0.2) is 45.9 Å². The summed E-state index contributed by atoms with van der Waals surface area (Å²) in [7, 11) is 0. The molecule has 1 fully saturated rings. The molecule has 0 spiro atoms. The first-order valence-corrected chi connectivity index (χ1v) is 10.5. The number of aromatic nitrogens is 2. The van der Waals surface area contributed by atoms with Gasteiger partial charge in [-0.3, -0.25) is 14.0 Å². The van der Waals surface area contributed by atoms with Crippen LogP contribution in [-0.2, 0) is 20.7 Å². The third-order valence-corrected chi connectivity index (χ3v) is 6.04. The zero-order valence-corrected chi connectivity index (χ0v) is 16.7. The number of likely N-dealkylation sites (tertiary alicyclic amines) is 1. The molecule has 1 saturated heterocycles. The van der Waals surface area contributed by atoms with Crippen LogP contribution in [0.5, 0.6) is 0 Å². The second-order valence-electron chi connectivity index (χ2n) is 6.96. The number of carbonyl (C=O) groups is 2. The molecule has 1 aromatic carbocycles. The van der Waals surface area contributed by atoms with Crippen molar-refractivity contribution >= 4 is 28.2 Å². The van der Waals surface area contributed by atoms with Crippen LogP contribution in [0.15, 0.2) is 41.9 Å². The van der Waals surface area contributed by atoms with Crippen LogP contribution in [0.2, 0.25) is 0 Å². The van der Waals surface area contributed by atoms with E-state index in [-0.39, 0.29) is 17.8 Å². The number of hydrogen-bond acceptors (Lipinski definition) is 5. The van der Waals surface area contributed by atoms with Crippen molar-refractivity contribution < 1.29 is 14.3 Å². The number of esters is 1. The van der Waals surface area contributed by atoms with Gasteiger partial charge in [0.05, 0.1) is 24.6 Å². The van der Waals surface area contributed by atoms with Crippen LogP contribution in [0.3, 0.4) is 0 Å². The standard InChI is InChI=1S/C21H23N3O3S/c1-2-27-20(26)16-8-10-23(11-9-16)19(25)12-17-14-28-21-22-18(13-24(17)21)15-6-4-3-5-7-15/h3-7,13-14,16H,2,8-12H2,1H3. The van der Waals surface area contributed by atoms with Gasteiger partial charge in [0.15, 0.2) is 4.96 Å². The predicted molar refractivity (Wildman–Crippen MR) is 108 cm³/mol. The molecule has 1 amide bonds. The Labute approximate surface area is 167 Å². The lowest BCUT2D eigenvalue weighted by Crippen LogP contribution is -2.41. The summed E-state index contributed by atoms with van der Waals surface area (Å²) in [5.74, 6) is -0.128. The van der Waals surface area contributed by atoms with E-state index in [0.717, 1.165) is 21.9 Å². The predicted octanol–water partition coefficient (Wildman–Crippen LogP) is 3.41. The number of carbonyl (C=O) groups excluding carboxylic acids is 2. The molecule has 0 radical (unpaired) electrons. The fourth-order valence-electron chi connectivity index (χ4n) is 3.60. The quantitative estimate of drug-likeness (QED) is 0.619. The number of imidazole rings is 1. The molecule has 0 bridgehead atoms. The first-order chi connectivity index (χ1) is 13.7. The summed E-state index contributed by atoms with van der Waals surface area (Å²) in [5, 5.41) is 2.00. The minimum atomic E-state index is -0.138. The van der Waals surface area contributed by atoms with Gasteiger partial charge in [-0.15, -0.1) is 11.3 Å². The average molecular weight is 398 g/mol. The molecule has 6 nitrogen and oxygen atoms in total. The van der Waals surface area contributed by atoms with Crippen LogP contribution >= 0.6 is 11.3 Å². The van der Waals surface area contributed by atoms with E-state index < -0.39 is 0 Å². The fourth-order valence-corrected chi connectivity index (χ4v) is 4.47. The summed E-state index contributed by atoms with van der Waals surface area (Å²) in [6.45, 7) is 3.43. The van der Waals surface area contributed by atoms with Crippen molar-refractivity contribution in [3.8, 4) is 11.3 Å². The van der Waals surface area contributed by atoms with Gasteiger partial charge in [0, 0.05) is 35.9 Å². The minimum absolute atomic E-state index is 0.0843. The Morgan fingerprint density at radius 3 is 2.68 bits per heavy atom. The van der Waals surface area contributed by atoms with E-state index >= 15 is 0 Å². The molecule has 2 aromatic heterocycles. The molecule has 28 heavy (non-hydrogen) atoms. The minimum Gasteiger partial charge on any atom is -0.466 e. The Morgan fingerprint density at radius 1 is 1.21 bits per heavy atom. The smallest absolute Gasteiger partial charge is 0.309 e. The average Bonchev–Trinajstić information content (AvgIpc) is 3.31. The summed E-state index contributed by atoms with van der Waals surface area (Å²) in [6, 6.07) is 10.0. The molecule has 4 rings (SSSR count). The SMILES string of the molecule is CCOC(=O)C1CCN(C(=O)Cc2csc3nc(-c4ccccc4)cn23)CC1. The maximum Gasteiger partial charge on any atom is 0.309 e. The Kier molecular flexibility index (Phi) is 5.43. The van der Waals surface area contributed by atoms with E-state index in [1.165, 1.54) is 0 Å². The van der Waals surface area contributed by atoms with Gasteiger partial charge in [0.2, 0.25) is 5.91 Å².